The van der Waals surface area contributed by atoms with Gasteiger partial charge in [0.2, 0.25) is 5.91 Å². The summed E-state index contributed by atoms with van der Waals surface area (Å²) < 4.78 is 11.2. The second-order valence-electron chi connectivity index (χ2n) is 19.0. The summed E-state index contributed by atoms with van der Waals surface area (Å²) in [6, 6.07) is -0.822. The van der Waals surface area contributed by atoms with Crippen LogP contribution in [0.5, 0.6) is 0 Å². The lowest BCUT2D eigenvalue weighted by atomic mass is 9.99. The van der Waals surface area contributed by atoms with Gasteiger partial charge in [-0.1, -0.05) is 224 Å². The van der Waals surface area contributed by atoms with E-state index >= 15 is 0 Å². The first kappa shape index (κ1) is 60.4. The third-order valence-corrected chi connectivity index (χ3v) is 12.9. The predicted molar refractivity (Wildman–Crippen MR) is 267 cm³/mol. The fraction of sp³-hybridized carbons (Fsp3) is 0.873. The van der Waals surface area contributed by atoms with E-state index in [0.29, 0.717) is 6.42 Å². The van der Waals surface area contributed by atoms with Crippen molar-refractivity contribution in [1.82, 2.24) is 5.32 Å². The molecule has 1 fully saturated rings. The topological polar surface area (TPSA) is 149 Å². The summed E-state index contributed by atoms with van der Waals surface area (Å²) in [5, 5.41) is 54.4. The molecule has 0 saturated carbocycles. The fourth-order valence-corrected chi connectivity index (χ4v) is 8.58. The SMILES string of the molecule is CCCCCCCCCCCCC/C=C/CC/C=C/C(O)C(COC1OC(CO)C(O)C(O)C1O)NC(=O)CCCCCCCCCC/C=C\CCCCCCCCCCCCCC. The molecule has 1 heterocycles. The Hall–Kier alpha value is -1.59. The van der Waals surface area contributed by atoms with Crippen LogP contribution in [0.2, 0.25) is 0 Å². The molecule has 376 valence electrons. The van der Waals surface area contributed by atoms with E-state index in [1.807, 2.05) is 6.08 Å². The van der Waals surface area contributed by atoms with Crippen LogP contribution < -0.4 is 5.32 Å². The van der Waals surface area contributed by atoms with E-state index in [0.717, 1.165) is 38.5 Å². The number of unbranched alkanes of at least 4 members (excludes halogenated alkanes) is 32. The molecule has 1 aliphatic heterocycles. The summed E-state index contributed by atoms with van der Waals surface area (Å²) >= 11 is 0. The summed E-state index contributed by atoms with van der Waals surface area (Å²) in [6.07, 6.45) is 50.6. The number of aliphatic hydroxyl groups is 5. The number of nitrogens with one attached hydrogen (secondary N) is 1. The number of rotatable bonds is 46. The Balaban J connectivity index is 2.27. The lowest BCUT2D eigenvalue weighted by Gasteiger charge is -2.40. The van der Waals surface area contributed by atoms with Crippen LogP contribution in [0.3, 0.4) is 0 Å². The molecule has 0 spiro atoms. The first-order chi connectivity index (χ1) is 31.3. The van der Waals surface area contributed by atoms with Gasteiger partial charge in [0.05, 0.1) is 25.4 Å². The van der Waals surface area contributed by atoms with Crippen molar-refractivity contribution in [2.75, 3.05) is 13.2 Å². The second-order valence-corrected chi connectivity index (χ2v) is 19.0. The Kier molecular flexibility index (Phi) is 42.7. The van der Waals surface area contributed by atoms with Gasteiger partial charge in [0, 0.05) is 6.42 Å². The van der Waals surface area contributed by atoms with Crippen LogP contribution in [0, 0.1) is 0 Å². The molecule has 0 radical (unpaired) electrons. The third kappa shape index (κ3) is 34.7. The average molecular weight is 906 g/mol. The van der Waals surface area contributed by atoms with Gasteiger partial charge >= 0.3 is 0 Å². The van der Waals surface area contributed by atoms with Crippen molar-refractivity contribution in [3.63, 3.8) is 0 Å². The van der Waals surface area contributed by atoms with E-state index < -0.39 is 49.5 Å². The zero-order chi connectivity index (χ0) is 46.6. The van der Waals surface area contributed by atoms with Crippen molar-refractivity contribution < 1.29 is 39.8 Å². The third-order valence-electron chi connectivity index (χ3n) is 12.9. The lowest BCUT2D eigenvalue weighted by molar-refractivity contribution is -0.302. The Morgan fingerprint density at radius 2 is 0.891 bits per heavy atom. The molecule has 7 atom stereocenters. The Labute approximate surface area is 393 Å². The van der Waals surface area contributed by atoms with Gasteiger partial charge in [0.25, 0.3) is 0 Å². The van der Waals surface area contributed by atoms with E-state index in [4.69, 9.17) is 9.47 Å². The normalized spacial score (nSPS) is 20.3. The molecule has 0 aromatic rings. The highest BCUT2D eigenvalue weighted by Crippen LogP contribution is 2.23. The highest BCUT2D eigenvalue weighted by molar-refractivity contribution is 5.76. The Bertz CT molecular complexity index is 1100. The van der Waals surface area contributed by atoms with E-state index in [2.05, 4.69) is 43.5 Å². The molecule has 1 aliphatic rings. The maximum absolute atomic E-state index is 13.0. The summed E-state index contributed by atoms with van der Waals surface area (Å²) in [5.41, 5.74) is 0. The van der Waals surface area contributed by atoms with Crippen molar-refractivity contribution in [3.8, 4) is 0 Å². The summed E-state index contributed by atoms with van der Waals surface area (Å²) in [7, 11) is 0. The van der Waals surface area contributed by atoms with Crippen molar-refractivity contribution in [2.24, 2.45) is 0 Å². The minimum atomic E-state index is -1.57. The van der Waals surface area contributed by atoms with Crippen molar-refractivity contribution >= 4 is 5.91 Å². The Morgan fingerprint density at radius 1 is 0.516 bits per heavy atom. The van der Waals surface area contributed by atoms with Gasteiger partial charge in [-0.15, -0.1) is 0 Å². The van der Waals surface area contributed by atoms with Crippen molar-refractivity contribution in [2.45, 2.75) is 294 Å². The molecule has 7 unspecified atom stereocenters. The molecule has 0 aromatic heterocycles. The van der Waals surface area contributed by atoms with Gasteiger partial charge in [-0.25, -0.2) is 0 Å². The molecule has 1 amide bonds. The van der Waals surface area contributed by atoms with Crippen molar-refractivity contribution in [3.05, 3.63) is 36.5 Å². The highest BCUT2D eigenvalue weighted by Gasteiger charge is 2.44. The monoisotopic (exact) mass is 906 g/mol. The molecule has 6 N–H and O–H groups in total. The van der Waals surface area contributed by atoms with Gasteiger partial charge < -0.3 is 40.3 Å². The van der Waals surface area contributed by atoms with E-state index in [1.54, 1.807) is 6.08 Å². The molecule has 0 aromatic carbocycles. The van der Waals surface area contributed by atoms with Crippen LogP contribution in [0.25, 0.3) is 0 Å². The average Bonchev–Trinajstić information content (AvgIpc) is 3.29. The first-order valence-electron chi connectivity index (χ1n) is 27.2. The zero-order valence-electron chi connectivity index (χ0n) is 41.5. The number of aliphatic hydroxyl groups excluding tert-OH is 5. The minimum absolute atomic E-state index is 0.188. The van der Waals surface area contributed by atoms with Gasteiger partial charge in [-0.2, -0.15) is 0 Å². The van der Waals surface area contributed by atoms with Crippen LogP contribution in [0.15, 0.2) is 36.5 Å². The molecule has 9 nitrogen and oxygen atoms in total. The van der Waals surface area contributed by atoms with Gasteiger partial charge in [-0.05, 0) is 57.8 Å². The summed E-state index contributed by atoms with van der Waals surface area (Å²) in [6.45, 7) is 3.78. The van der Waals surface area contributed by atoms with Crippen LogP contribution >= 0.6 is 0 Å². The predicted octanol–water partition coefficient (Wildman–Crippen LogP) is 12.8. The van der Waals surface area contributed by atoms with E-state index in [9.17, 15) is 30.3 Å². The van der Waals surface area contributed by atoms with Gasteiger partial charge in [-0.3, -0.25) is 4.79 Å². The molecule has 9 heteroatoms. The lowest BCUT2D eigenvalue weighted by Crippen LogP contribution is -2.60. The highest BCUT2D eigenvalue weighted by atomic mass is 16.7. The Morgan fingerprint density at radius 3 is 1.31 bits per heavy atom. The van der Waals surface area contributed by atoms with Crippen LogP contribution in [-0.4, -0.2) is 87.5 Å². The van der Waals surface area contributed by atoms with Crippen LogP contribution in [0.1, 0.15) is 251 Å². The van der Waals surface area contributed by atoms with Crippen LogP contribution in [-0.2, 0) is 14.3 Å². The quantitative estimate of drug-likeness (QED) is 0.0261. The fourth-order valence-electron chi connectivity index (χ4n) is 8.58. The van der Waals surface area contributed by atoms with Crippen molar-refractivity contribution in [1.29, 1.82) is 0 Å². The molecular formula is C55H103NO8. The molecule has 1 rings (SSSR count). The molecule has 0 aliphatic carbocycles. The number of amides is 1. The number of hydrogen-bond acceptors (Lipinski definition) is 8. The summed E-state index contributed by atoms with van der Waals surface area (Å²) in [5.74, 6) is -0.188. The number of carbonyl (C=O) groups excluding carboxylic acids is 1. The molecule has 1 saturated heterocycles. The first-order valence-corrected chi connectivity index (χ1v) is 27.2. The van der Waals surface area contributed by atoms with E-state index in [1.165, 1.54) is 193 Å². The number of ether oxygens (including phenoxy) is 2. The standard InChI is InChI=1S/C55H103NO8/c1-3-5-7-9-11-13-15-17-19-21-22-23-24-25-26-27-29-31-33-35-37-39-41-43-45-51(59)56-48(47-63-55-54(62)53(61)52(60)50(46-57)64-55)49(58)44-42-40-38-36-34-32-30-28-20-18-16-14-12-10-8-6-4-2/h25-26,34,36,42,44,48-50,52-55,57-58,60-62H,3-24,27-33,35,37-41,43,45-47H2,1-2H3,(H,56,59)/b26-25-,36-34+,44-42+. The zero-order valence-corrected chi connectivity index (χ0v) is 41.5. The van der Waals surface area contributed by atoms with Gasteiger partial charge in [0.15, 0.2) is 6.29 Å². The molecular weight excluding hydrogens is 803 g/mol. The summed E-state index contributed by atoms with van der Waals surface area (Å²) in [4.78, 5) is 13.0. The maximum Gasteiger partial charge on any atom is 0.220 e. The van der Waals surface area contributed by atoms with Crippen LogP contribution in [0.4, 0.5) is 0 Å². The molecule has 0 bridgehead atoms. The number of carbonyl (C=O) groups is 1. The largest absolute Gasteiger partial charge is 0.394 e. The minimum Gasteiger partial charge on any atom is -0.394 e. The number of hydrogen-bond donors (Lipinski definition) is 6. The maximum atomic E-state index is 13.0. The second kappa shape index (κ2) is 45.2. The smallest absolute Gasteiger partial charge is 0.220 e. The number of allylic oxidation sites excluding steroid dienone is 5. The van der Waals surface area contributed by atoms with E-state index in [-0.39, 0.29) is 12.5 Å². The van der Waals surface area contributed by atoms with Gasteiger partial charge in [0.1, 0.15) is 24.4 Å². The molecule has 64 heavy (non-hydrogen) atoms.